The highest BCUT2D eigenvalue weighted by atomic mass is 16.6. The van der Waals surface area contributed by atoms with Crippen LogP contribution in [0.1, 0.15) is 26.5 Å². The summed E-state index contributed by atoms with van der Waals surface area (Å²) in [6.07, 6.45) is 0.984. The Labute approximate surface area is 136 Å². The first-order valence-electron chi connectivity index (χ1n) is 7.66. The van der Waals surface area contributed by atoms with Crippen molar-refractivity contribution in [1.82, 2.24) is 15.2 Å². The first-order chi connectivity index (χ1) is 10.8. The average Bonchev–Trinajstić information content (AvgIpc) is 2.88. The van der Waals surface area contributed by atoms with Gasteiger partial charge in [0.2, 0.25) is 0 Å². The van der Waals surface area contributed by atoms with Gasteiger partial charge in [-0.15, -0.1) is 0 Å². The van der Waals surface area contributed by atoms with Crippen LogP contribution >= 0.6 is 0 Å². The van der Waals surface area contributed by atoms with Crippen molar-refractivity contribution in [2.24, 2.45) is 0 Å². The van der Waals surface area contributed by atoms with Gasteiger partial charge in [0.15, 0.2) is 0 Å². The zero-order chi connectivity index (χ0) is 17.0. The standard InChI is InChI=1S/C16H25N3O4/c1-16(2,3)23-15(21)19-9-13(14(10-19)22-4)18-7-11-5-6-12(20)8-17-11/h5-6,8,13-14,18,20H,7,9-10H2,1-4H3/t13?,14-/m0/s1. The normalized spacial score (nSPS) is 21.5. The lowest BCUT2D eigenvalue weighted by atomic mass is 10.2. The van der Waals surface area contributed by atoms with Crippen LogP contribution in [0.5, 0.6) is 5.75 Å². The zero-order valence-corrected chi connectivity index (χ0v) is 14.1. The van der Waals surface area contributed by atoms with Gasteiger partial charge in [-0.3, -0.25) is 4.98 Å². The molecule has 2 N–H and O–H groups in total. The van der Waals surface area contributed by atoms with Gasteiger partial charge >= 0.3 is 6.09 Å². The molecule has 1 aromatic heterocycles. The monoisotopic (exact) mass is 323 g/mol. The summed E-state index contributed by atoms with van der Waals surface area (Å²) < 4.78 is 10.9. The number of hydrogen-bond acceptors (Lipinski definition) is 6. The SMILES string of the molecule is CO[C@H]1CN(C(=O)OC(C)(C)C)CC1NCc1ccc(O)cn1. The maximum atomic E-state index is 12.2. The van der Waals surface area contributed by atoms with Gasteiger partial charge in [0.25, 0.3) is 0 Å². The van der Waals surface area contributed by atoms with Crippen molar-refractivity contribution in [2.45, 2.75) is 45.1 Å². The van der Waals surface area contributed by atoms with E-state index in [9.17, 15) is 9.90 Å². The van der Waals surface area contributed by atoms with Crippen molar-refractivity contribution in [2.75, 3.05) is 20.2 Å². The second kappa shape index (κ2) is 7.14. The summed E-state index contributed by atoms with van der Waals surface area (Å²) in [5.74, 6) is 0.139. The van der Waals surface area contributed by atoms with E-state index in [1.54, 1.807) is 24.1 Å². The third kappa shape index (κ3) is 5.07. The molecule has 0 aliphatic carbocycles. The third-order valence-electron chi connectivity index (χ3n) is 3.58. The number of nitrogens with zero attached hydrogens (tertiary/aromatic N) is 2. The summed E-state index contributed by atoms with van der Waals surface area (Å²) in [5, 5.41) is 12.6. The number of likely N-dealkylation sites (tertiary alicyclic amines) is 1. The number of amides is 1. The fourth-order valence-electron chi connectivity index (χ4n) is 2.44. The van der Waals surface area contributed by atoms with Crippen LogP contribution in [0.15, 0.2) is 18.3 Å². The van der Waals surface area contributed by atoms with E-state index >= 15 is 0 Å². The number of ether oxygens (including phenoxy) is 2. The number of aromatic hydroxyl groups is 1. The summed E-state index contributed by atoms with van der Waals surface area (Å²) >= 11 is 0. The van der Waals surface area contributed by atoms with E-state index in [-0.39, 0.29) is 24.0 Å². The summed E-state index contributed by atoms with van der Waals surface area (Å²) in [7, 11) is 1.64. The number of hydrogen-bond donors (Lipinski definition) is 2. The van der Waals surface area contributed by atoms with Gasteiger partial charge < -0.3 is 24.8 Å². The van der Waals surface area contributed by atoms with E-state index in [1.807, 2.05) is 20.8 Å². The number of carbonyl (C=O) groups excluding carboxylic acids is 1. The van der Waals surface area contributed by atoms with Crippen LogP contribution in [-0.2, 0) is 16.0 Å². The average molecular weight is 323 g/mol. The molecule has 1 aliphatic heterocycles. The van der Waals surface area contributed by atoms with Crippen LogP contribution in [0.2, 0.25) is 0 Å². The van der Waals surface area contributed by atoms with E-state index in [1.165, 1.54) is 6.20 Å². The van der Waals surface area contributed by atoms with Crippen LogP contribution in [0.25, 0.3) is 0 Å². The molecule has 0 spiro atoms. The molecule has 2 rings (SSSR count). The fourth-order valence-corrected chi connectivity index (χ4v) is 2.44. The molecule has 1 fully saturated rings. The highest BCUT2D eigenvalue weighted by Gasteiger charge is 2.37. The second-order valence-electron chi connectivity index (χ2n) is 6.65. The number of methoxy groups -OCH3 is 1. The Morgan fingerprint density at radius 3 is 2.74 bits per heavy atom. The van der Waals surface area contributed by atoms with Gasteiger partial charge in [0.1, 0.15) is 11.4 Å². The molecule has 1 saturated heterocycles. The van der Waals surface area contributed by atoms with Crippen LogP contribution < -0.4 is 5.32 Å². The van der Waals surface area contributed by atoms with Gasteiger partial charge in [0, 0.05) is 20.2 Å². The van der Waals surface area contributed by atoms with Gasteiger partial charge in [0.05, 0.1) is 30.6 Å². The van der Waals surface area contributed by atoms with Gasteiger partial charge in [-0.25, -0.2) is 4.79 Å². The maximum Gasteiger partial charge on any atom is 0.410 e. The topological polar surface area (TPSA) is 83.9 Å². The number of aromatic nitrogens is 1. The van der Waals surface area contributed by atoms with Crippen LogP contribution in [0.3, 0.4) is 0 Å². The molecule has 0 radical (unpaired) electrons. The molecule has 2 heterocycles. The zero-order valence-electron chi connectivity index (χ0n) is 14.1. The Bertz CT molecular complexity index is 527. The van der Waals surface area contributed by atoms with E-state index in [2.05, 4.69) is 10.3 Å². The molecule has 2 atom stereocenters. The fraction of sp³-hybridized carbons (Fsp3) is 0.625. The molecule has 7 heteroatoms. The Balaban J connectivity index is 1.91. The molecule has 1 amide bonds. The molecule has 0 aromatic carbocycles. The largest absolute Gasteiger partial charge is 0.506 e. The van der Waals surface area contributed by atoms with Gasteiger partial charge in [-0.2, -0.15) is 0 Å². The van der Waals surface area contributed by atoms with Crippen molar-refractivity contribution >= 4 is 6.09 Å². The molecule has 0 bridgehead atoms. The summed E-state index contributed by atoms with van der Waals surface area (Å²) in [6, 6.07) is 3.35. The van der Waals surface area contributed by atoms with Gasteiger partial charge in [-0.05, 0) is 32.9 Å². The quantitative estimate of drug-likeness (QED) is 0.874. The lowest BCUT2D eigenvalue weighted by molar-refractivity contribution is 0.0252. The van der Waals surface area contributed by atoms with Crippen molar-refractivity contribution in [3.05, 3.63) is 24.0 Å². The molecule has 23 heavy (non-hydrogen) atoms. The van der Waals surface area contributed by atoms with Crippen molar-refractivity contribution in [3.63, 3.8) is 0 Å². The Hall–Kier alpha value is -1.86. The second-order valence-corrected chi connectivity index (χ2v) is 6.65. The molecule has 7 nitrogen and oxygen atoms in total. The third-order valence-corrected chi connectivity index (χ3v) is 3.58. The smallest absolute Gasteiger partial charge is 0.410 e. The first-order valence-corrected chi connectivity index (χ1v) is 7.66. The van der Waals surface area contributed by atoms with E-state index in [0.29, 0.717) is 19.6 Å². The van der Waals surface area contributed by atoms with E-state index in [4.69, 9.17) is 9.47 Å². The summed E-state index contributed by atoms with van der Waals surface area (Å²) in [5.41, 5.74) is 0.301. The summed E-state index contributed by atoms with van der Waals surface area (Å²) in [4.78, 5) is 17.9. The molecule has 1 aromatic rings. The van der Waals surface area contributed by atoms with Crippen LogP contribution in [0, 0.1) is 0 Å². The number of pyridine rings is 1. The minimum Gasteiger partial charge on any atom is -0.506 e. The minimum absolute atomic E-state index is 0.00289. The minimum atomic E-state index is -0.513. The Morgan fingerprint density at radius 1 is 1.43 bits per heavy atom. The number of rotatable bonds is 4. The predicted molar refractivity (Wildman–Crippen MR) is 85.1 cm³/mol. The highest BCUT2D eigenvalue weighted by Crippen LogP contribution is 2.18. The Morgan fingerprint density at radius 2 is 2.17 bits per heavy atom. The van der Waals surface area contributed by atoms with Crippen molar-refractivity contribution in [1.29, 1.82) is 0 Å². The summed E-state index contributed by atoms with van der Waals surface area (Å²) in [6.45, 7) is 7.09. The predicted octanol–water partition coefficient (Wildman–Crippen LogP) is 1.51. The number of carbonyl (C=O) groups is 1. The number of nitrogens with one attached hydrogen (secondary N) is 1. The van der Waals surface area contributed by atoms with Crippen molar-refractivity contribution in [3.8, 4) is 5.75 Å². The lowest BCUT2D eigenvalue weighted by Crippen LogP contribution is -2.40. The molecule has 0 saturated carbocycles. The van der Waals surface area contributed by atoms with Crippen molar-refractivity contribution < 1.29 is 19.4 Å². The van der Waals surface area contributed by atoms with Gasteiger partial charge in [-0.1, -0.05) is 0 Å². The molecular weight excluding hydrogens is 298 g/mol. The van der Waals surface area contributed by atoms with E-state index in [0.717, 1.165) is 5.69 Å². The molecule has 1 aliphatic rings. The van der Waals surface area contributed by atoms with E-state index < -0.39 is 5.60 Å². The van der Waals surface area contributed by atoms with Crippen LogP contribution in [0.4, 0.5) is 4.79 Å². The maximum absolute atomic E-state index is 12.2. The lowest BCUT2D eigenvalue weighted by Gasteiger charge is -2.24. The molecular formula is C16H25N3O4. The van der Waals surface area contributed by atoms with Crippen LogP contribution in [-0.4, -0.2) is 59.0 Å². The Kier molecular flexibility index (Phi) is 5.43. The molecule has 1 unspecified atom stereocenters. The highest BCUT2D eigenvalue weighted by molar-refractivity contribution is 5.68. The first kappa shape index (κ1) is 17.5. The molecule has 128 valence electrons.